The van der Waals surface area contributed by atoms with Crippen LogP contribution in [0.5, 0.6) is 0 Å². The zero-order valence-corrected chi connectivity index (χ0v) is 18.2. The normalized spacial score (nSPS) is 28.8. The van der Waals surface area contributed by atoms with E-state index in [4.69, 9.17) is 0 Å². The maximum atomic E-state index is 4.47. The first-order chi connectivity index (χ1) is 13.9. The number of fused-ring (bicyclic) bond motifs is 5. The van der Waals surface area contributed by atoms with Gasteiger partial charge >= 0.3 is 0 Å². The lowest BCUT2D eigenvalue weighted by Gasteiger charge is -2.38. The van der Waals surface area contributed by atoms with Gasteiger partial charge in [-0.15, -0.1) is 12.4 Å². The molecule has 0 aromatic carbocycles. The second-order valence-electron chi connectivity index (χ2n) is 9.80. The lowest BCUT2D eigenvalue weighted by molar-refractivity contribution is 0.180. The minimum absolute atomic E-state index is 0. The van der Waals surface area contributed by atoms with Crippen LogP contribution in [0.25, 0.3) is 16.5 Å². The van der Waals surface area contributed by atoms with E-state index >= 15 is 0 Å². The Balaban J connectivity index is 0.00000181. The number of nitrogens with zero attached hydrogens (tertiary/aromatic N) is 2. The number of aryl methyl sites for hydroxylation is 1. The molecule has 3 heterocycles. The molecular formula is C26H33ClN2. The van der Waals surface area contributed by atoms with Crippen molar-refractivity contribution in [1.82, 2.24) is 9.55 Å². The highest BCUT2D eigenvalue weighted by molar-refractivity contribution is 5.93. The summed E-state index contributed by atoms with van der Waals surface area (Å²) in [7, 11) is 0. The predicted molar refractivity (Wildman–Crippen MR) is 123 cm³/mol. The van der Waals surface area contributed by atoms with Crippen LogP contribution < -0.4 is 0 Å². The first kappa shape index (κ1) is 19.4. The van der Waals surface area contributed by atoms with Gasteiger partial charge in [0.2, 0.25) is 0 Å². The average molecular weight is 409 g/mol. The van der Waals surface area contributed by atoms with Crippen LogP contribution in [0.2, 0.25) is 0 Å². The lowest BCUT2D eigenvalue weighted by atomic mass is 9.72. The van der Waals surface area contributed by atoms with Crippen molar-refractivity contribution in [2.75, 3.05) is 0 Å². The fourth-order valence-electron chi connectivity index (χ4n) is 6.89. The number of pyridine rings is 1. The molecule has 0 radical (unpaired) electrons. The van der Waals surface area contributed by atoms with Gasteiger partial charge in [-0.1, -0.05) is 50.3 Å². The molecule has 0 bridgehead atoms. The molecule has 154 valence electrons. The second kappa shape index (κ2) is 7.95. The molecule has 1 aliphatic heterocycles. The number of aromatic nitrogens is 2. The van der Waals surface area contributed by atoms with E-state index in [1.54, 1.807) is 5.56 Å². The molecule has 0 saturated heterocycles. The fraction of sp³-hybridized carbons (Fsp3) is 0.577. The van der Waals surface area contributed by atoms with Crippen LogP contribution in [0.3, 0.4) is 0 Å². The molecule has 2 fully saturated rings. The van der Waals surface area contributed by atoms with Crippen LogP contribution in [0.15, 0.2) is 36.7 Å². The average Bonchev–Trinajstić information content (AvgIpc) is 2.98. The van der Waals surface area contributed by atoms with Gasteiger partial charge < -0.3 is 4.57 Å². The zero-order chi connectivity index (χ0) is 18.5. The van der Waals surface area contributed by atoms with Gasteiger partial charge in [0.05, 0.1) is 11.2 Å². The number of allylic oxidation sites excluding steroid dienone is 4. The summed E-state index contributed by atoms with van der Waals surface area (Å²) < 4.78 is 2.73. The topological polar surface area (TPSA) is 17.8 Å². The van der Waals surface area contributed by atoms with E-state index in [2.05, 4.69) is 40.0 Å². The van der Waals surface area contributed by atoms with E-state index in [1.807, 2.05) is 6.20 Å². The predicted octanol–water partition coefficient (Wildman–Crippen LogP) is 7.29. The first-order valence-corrected chi connectivity index (χ1v) is 11.7. The maximum absolute atomic E-state index is 4.47. The third-order valence-corrected chi connectivity index (χ3v) is 8.16. The summed E-state index contributed by atoms with van der Waals surface area (Å²) in [5.41, 5.74) is 5.96. The van der Waals surface area contributed by atoms with Crippen molar-refractivity contribution in [2.45, 2.75) is 76.7 Å². The molecule has 3 heteroatoms. The summed E-state index contributed by atoms with van der Waals surface area (Å²) in [6, 6.07) is 2.90. The third-order valence-electron chi connectivity index (χ3n) is 8.16. The molecule has 0 N–H and O–H groups in total. The fourth-order valence-corrected chi connectivity index (χ4v) is 6.89. The molecule has 4 aliphatic rings. The molecule has 3 unspecified atom stereocenters. The molecular weight excluding hydrogens is 376 g/mol. The van der Waals surface area contributed by atoms with E-state index < -0.39 is 0 Å². The van der Waals surface area contributed by atoms with Gasteiger partial charge in [-0.2, -0.15) is 0 Å². The van der Waals surface area contributed by atoms with E-state index in [-0.39, 0.29) is 12.4 Å². The molecule has 0 spiro atoms. The van der Waals surface area contributed by atoms with Crippen LogP contribution in [0.1, 0.15) is 81.5 Å². The number of hydrogen-bond donors (Lipinski definition) is 0. The summed E-state index contributed by atoms with van der Waals surface area (Å²) >= 11 is 0. The first-order valence-electron chi connectivity index (χ1n) is 11.7. The number of hydrogen-bond acceptors (Lipinski definition) is 1. The minimum Gasteiger partial charge on any atom is -0.336 e. The van der Waals surface area contributed by atoms with Crippen LogP contribution in [0, 0.1) is 17.8 Å². The molecule has 2 nitrogen and oxygen atoms in total. The van der Waals surface area contributed by atoms with Crippen molar-refractivity contribution in [1.29, 1.82) is 0 Å². The van der Waals surface area contributed by atoms with Gasteiger partial charge in [-0.25, -0.2) is 0 Å². The Bertz CT molecular complexity index is 947. The molecule has 0 amide bonds. The van der Waals surface area contributed by atoms with Crippen molar-refractivity contribution < 1.29 is 0 Å². The largest absolute Gasteiger partial charge is 0.336 e. The van der Waals surface area contributed by atoms with E-state index in [1.165, 1.54) is 92.8 Å². The highest BCUT2D eigenvalue weighted by Gasteiger charge is 2.36. The smallest absolute Gasteiger partial charge is 0.0524 e. The Morgan fingerprint density at radius 3 is 2.83 bits per heavy atom. The standard InChI is InChI=1S/C26H32N2.ClH/c1-2-5-18(6-3-1)15-19-9-12-24-21(16-19)11-10-20-7-4-8-22-23-17-27-14-13-25(23)28(24)26(20)22;/h7,10-11,13-14,17-19,21,24H,1-6,8-9,12,15-16H2;1H. The summed E-state index contributed by atoms with van der Waals surface area (Å²) in [5, 5.41) is 1.40. The molecule has 2 saturated carbocycles. The van der Waals surface area contributed by atoms with Crippen molar-refractivity contribution in [3.05, 3.63) is 47.9 Å². The summed E-state index contributed by atoms with van der Waals surface area (Å²) in [6.07, 6.45) is 27.0. The highest BCUT2D eigenvalue weighted by Crippen LogP contribution is 2.48. The summed E-state index contributed by atoms with van der Waals surface area (Å²) in [5.74, 6) is 2.65. The number of halogens is 1. The van der Waals surface area contributed by atoms with E-state index in [9.17, 15) is 0 Å². The Morgan fingerprint density at radius 1 is 1.03 bits per heavy atom. The van der Waals surface area contributed by atoms with Crippen LogP contribution in [-0.4, -0.2) is 9.55 Å². The van der Waals surface area contributed by atoms with Gasteiger partial charge in [0.25, 0.3) is 0 Å². The van der Waals surface area contributed by atoms with Crippen LogP contribution in [0.4, 0.5) is 0 Å². The zero-order valence-electron chi connectivity index (χ0n) is 17.4. The van der Waals surface area contributed by atoms with E-state index in [0.29, 0.717) is 12.0 Å². The summed E-state index contributed by atoms with van der Waals surface area (Å²) in [4.78, 5) is 4.47. The monoisotopic (exact) mass is 408 g/mol. The molecule has 6 rings (SSSR count). The van der Waals surface area contributed by atoms with Crippen LogP contribution in [-0.2, 0) is 6.42 Å². The summed E-state index contributed by atoms with van der Waals surface area (Å²) in [6.45, 7) is 0. The van der Waals surface area contributed by atoms with Gasteiger partial charge in [-0.05, 0) is 73.5 Å². The highest BCUT2D eigenvalue weighted by atomic mass is 35.5. The van der Waals surface area contributed by atoms with Gasteiger partial charge in [0.15, 0.2) is 0 Å². The SMILES string of the molecule is C1=CC2CC(CC3CCCCC3)CCC2n2c3c(c4cnccc42)CCC=C13.Cl. The molecule has 2 aromatic rings. The Labute approximate surface area is 180 Å². The van der Waals surface area contributed by atoms with Crippen molar-refractivity contribution >= 4 is 28.9 Å². The van der Waals surface area contributed by atoms with Crippen molar-refractivity contribution in [3.8, 4) is 0 Å². The lowest BCUT2D eigenvalue weighted by Crippen LogP contribution is -2.28. The Morgan fingerprint density at radius 2 is 1.93 bits per heavy atom. The third kappa shape index (κ3) is 3.28. The van der Waals surface area contributed by atoms with Gasteiger partial charge in [-0.3, -0.25) is 4.98 Å². The Kier molecular flexibility index (Phi) is 5.32. The minimum atomic E-state index is 0. The molecule has 2 aromatic heterocycles. The van der Waals surface area contributed by atoms with E-state index in [0.717, 1.165) is 11.8 Å². The van der Waals surface area contributed by atoms with Gasteiger partial charge in [0.1, 0.15) is 0 Å². The van der Waals surface area contributed by atoms with Crippen molar-refractivity contribution in [2.24, 2.45) is 17.8 Å². The number of rotatable bonds is 2. The second-order valence-corrected chi connectivity index (χ2v) is 9.80. The molecule has 3 aliphatic carbocycles. The van der Waals surface area contributed by atoms with Gasteiger partial charge in [0, 0.05) is 23.8 Å². The molecule has 3 atom stereocenters. The quantitative estimate of drug-likeness (QED) is 0.510. The Hall–Kier alpha value is -1.54. The maximum Gasteiger partial charge on any atom is 0.0524 e. The van der Waals surface area contributed by atoms with Crippen molar-refractivity contribution in [3.63, 3.8) is 0 Å². The van der Waals surface area contributed by atoms with Crippen LogP contribution >= 0.6 is 12.4 Å². The molecule has 29 heavy (non-hydrogen) atoms.